The lowest BCUT2D eigenvalue weighted by atomic mass is 10.1. The monoisotopic (exact) mass is 260 g/mol. The van der Waals surface area contributed by atoms with Gasteiger partial charge < -0.3 is 15.2 Å². The number of aliphatic hydroxyl groups excluding tert-OH is 1. The fraction of sp³-hybridized carbons (Fsp3) is 1.00. The quantitative estimate of drug-likeness (QED) is 0.558. The summed E-state index contributed by atoms with van der Waals surface area (Å²) in [6.45, 7) is 10.6. The molecule has 2 atom stereocenters. The van der Waals surface area contributed by atoms with Crippen LogP contribution in [0.4, 0.5) is 0 Å². The van der Waals surface area contributed by atoms with Crippen molar-refractivity contribution in [2.45, 2.75) is 52.1 Å². The van der Waals surface area contributed by atoms with Gasteiger partial charge in [-0.25, -0.2) is 0 Å². The highest BCUT2D eigenvalue weighted by Crippen LogP contribution is 2.06. The Labute approximate surface area is 113 Å². The summed E-state index contributed by atoms with van der Waals surface area (Å²) in [6, 6.07) is 0.936. The predicted octanol–water partition coefficient (Wildman–Crippen LogP) is 1.48. The molecule has 0 fully saturated rings. The van der Waals surface area contributed by atoms with Gasteiger partial charge in [-0.1, -0.05) is 13.8 Å². The van der Waals surface area contributed by atoms with Gasteiger partial charge in [0.15, 0.2) is 0 Å². The van der Waals surface area contributed by atoms with E-state index in [1.165, 1.54) is 0 Å². The number of hydrogen-bond donors (Lipinski definition) is 2. The summed E-state index contributed by atoms with van der Waals surface area (Å²) in [5.41, 5.74) is 0. The summed E-state index contributed by atoms with van der Waals surface area (Å²) in [4.78, 5) is 2.45. The Morgan fingerprint density at radius 3 is 2.56 bits per heavy atom. The molecule has 0 radical (unpaired) electrons. The van der Waals surface area contributed by atoms with Crippen LogP contribution in [0.15, 0.2) is 0 Å². The van der Waals surface area contributed by atoms with Crippen molar-refractivity contribution in [2.24, 2.45) is 0 Å². The van der Waals surface area contributed by atoms with E-state index in [4.69, 9.17) is 9.84 Å². The molecule has 0 saturated carbocycles. The van der Waals surface area contributed by atoms with Crippen molar-refractivity contribution in [3.05, 3.63) is 0 Å². The van der Waals surface area contributed by atoms with Crippen molar-refractivity contribution in [3.63, 3.8) is 0 Å². The van der Waals surface area contributed by atoms with Crippen LogP contribution in [0.5, 0.6) is 0 Å². The number of methoxy groups -OCH3 is 1. The number of ether oxygens (including phenoxy) is 1. The van der Waals surface area contributed by atoms with Crippen molar-refractivity contribution in [1.29, 1.82) is 0 Å². The molecule has 0 bridgehead atoms. The first-order valence-electron chi connectivity index (χ1n) is 7.26. The molecule has 0 aromatic heterocycles. The zero-order chi connectivity index (χ0) is 13.8. The Balaban J connectivity index is 4.27. The normalized spacial score (nSPS) is 15.0. The number of nitrogens with one attached hydrogen (secondary N) is 1. The van der Waals surface area contributed by atoms with Crippen molar-refractivity contribution < 1.29 is 9.84 Å². The Bertz CT molecular complexity index is 179. The lowest BCUT2D eigenvalue weighted by Gasteiger charge is -2.32. The molecule has 0 aromatic rings. The first-order valence-corrected chi connectivity index (χ1v) is 7.26. The zero-order valence-corrected chi connectivity index (χ0v) is 12.6. The molecule has 18 heavy (non-hydrogen) atoms. The number of hydrogen-bond acceptors (Lipinski definition) is 4. The molecule has 0 aliphatic rings. The van der Waals surface area contributed by atoms with Crippen LogP contribution in [0.25, 0.3) is 0 Å². The lowest BCUT2D eigenvalue weighted by molar-refractivity contribution is 0.110. The topological polar surface area (TPSA) is 44.7 Å². The molecule has 0 rings (SSSR count). The van der Waals surface area contributed by atoms with Crippen molar-refractivity contribution in [3.8, 4) is 0 Å². The summed E-state index contributed by atoms with van der Waals surface area (Å²) in [5.74, 6) is 0. The minimum atomic E-state index is 0.250. The summed E-state index contributed by atoms with van der Waals surface area (Å²) < 4.78 is 5.18. The van der Waals surface area contributed by atoms with Crippen LogP contribution < -0.4 is 5.32 Å². The third-order valence-electron chi connectivity index (χ3n) is 3.41. The lowest BCUT2D eigenvalue weighted by Crippen LogP contribution is -2.46. The van der Waals surface area contributed by atoms with Gasteiger partial charge in [0.1, 0.15) is 0 Å². The molecule has 4 nitrogen and oxygen atoms in total. The molecular weight excluding hydrogens is 228 g/mol. The molecule has 0 amide bonds. The summed E-state index contributed by atoms with van der Waals surface area (Å²) in [6.07, 6.45) is 3.09. The average Bonchev–Trinajstić information content (AvgIpc) is 2.39. The molecule has 2 N–H and O–H groups in total. The molecule has 4 heteroatoms. The van der Waals surface area contributed by atoms with Gasteiger partial charge in [0.25, 0.3) is 0 Å². The number of aliphatic hydroxyl groups is 1. The maximum atomic E-state index is 9.14. The van der Waals surface area contributed by atoms with Gasteiger partial charge in [-0.15, -0.1) is 0 Å². The summed E-state index contributed by atoms with van der Waals surface area (Å²) in [7, 11) is 1.75. The first kappa shape index (κ1) is 17.8. The first-order chi connectivity index (χ1) is 8.69. The zero-order valence-electron chi connectivity index (χ0n) is 12.6. The molecule has 110 valence electrons. The summed E-state index contributed by atoms with van der Waals surface area (Å²) >= 11 is 0. The van der Waals surface area contributed by atoms with E-state index in [2.05, 4.69) is 31.0 Å². The minimum absolute atomic E-state index is 0.250. The maximum absolute atomic E-state index is 9.14. The number of nitrogens with zero attached hydrogens (tertiary/aromatic N) is 1. The highest BCUT2D eigenvalue weighted by atomic mass is 16.5. The van der Waals surface area contributed by atoms with Gasteiger partial charge in [-0.3, -0.25) is 4.90 Å². The molecule has 0 spiro atoms. The van der Waals surface area contributed by atoms with Gasteiger partial charge >= 0.3 is 0 Å². The van der Waals surface area contributed by atoms with Crippen molar-refractivity contribution >= 4 is 0 Å². The van der Waals surface area contributed by atoms with Crippen LogP contribution in [0.2, 0.25) is 0 Å². The SMILES string of the molecule is CCCNC(CCO)CN(CCOC)C(C)CC. The van der Waals surface area contributed by atoms with Crippen LogP contribution in [0.1, 0.15) is 40.0 Å². The fourth-order valence-electron chi connectivity index (χ4n) is 2.00. The highest BCUT2D eigenvalue weighted by Gasteiger charge is 2.17. The second-order valence-electron chi connectivity index (χ2n) is 4.91. The average molecular weight is 260 g/mol. The van der Waals surface area contributed by atoms with Crippen molar-refractivity contribution in [1.82, 2.24) is 10.2 Å². The van der Waals surface area contributed by atoms with Gasteiger partial charge in [0.05, 0.1) is 6.61 Å². The van der Waals surface area contributed by atoms with Crippen LogP contribution in [-0.4, -0.2) is 62.0 Å². The molecule has 0 aliphatic heterocycles. The van der Waals surface area contributed by atoms with Gasteiger partial charge in [-0.2, -0.15) is 0 Å². The van der Waals surface area contributed by atoms with Crippen LogP contribution in [-0.2, 0) is 4.74 Å². The molecule has 0 saturated heterocycles. The van der Waals surface area contributed by atoms with Crippen LogP contribution in [0.3, 0.4) is 0 Å². The fourth-order valence-corrected chi connectivity index (χ4v) is 2.00. The van der Waals surface area contributed by atoms with Crippen molar-refractivity contribution in [2.75, 3.05) is 40.0 Å². The van der Waals surface area contributed by atoms with E-state index in [-0.39, 0.29) is 6.61 Å². The van der Waals surface area contributed by atoms with Gasteiger partial charge in [0.2, 0.25) is 0 Å². The second-order valence-corrected chi connectivity index (χ2v) is 4.91. The van der Waals surface area contributed by atoms with E-state index in [9.17, 15) is 0 Å². The smallest absolute Gasteiger partial charge is 0.0589 e. The third-order valence-corrected chi connectivity index (χ3v) is 3.41. The minimum Gasteiger partial charge on any atom is -0.396 e. The van der Waals surface area contributed by atoms with E-state index in [1.807, 2.05) is 0 Å². The highest BCUT2D eigenvalue weighted by molar-refractivity contribution is 4.75. The molecule has 2 unspecified atom stereocenters. The van der Waals surface area contributed by atoms with E-state index in [1.54, 1.807) is 7.11 Å². The van der Waals surface area contributed by atoms with Crippen LogP contribution >= 0.6 is 0 Å². The van der Waals surface area contributed by atoms with E-state index < -0.39 is 0 Å². The summed E-state index contributed by atoms with van der Waals surface area (Å²) in [5, 5.41) is 12.7. The van der Waals surface area contributed by atoms with Gasteiger partial charge in [0, 0.05) is 38.9 Å². The third kappa shape index (κ3) is 8.03. The standard InChI is InChI=1S/C14H32N2O2/c1-5-8-15-14(7-10-17)12-16(9-11-18-4)13(3)6-2/h13-15,17H,5-12H2,1-4H3. The molecular formula is C14H32N2O2. The predicted molar refractivity (Wildman–Crippen MR) is 77.0 cm³/mol. The van der Waals surface area contributed by atoms with Crippen LogP contribution in [0, 0.1) is 0 Å². The van der Waals surface area contributed by atoms with Gasteiger partial charge in [-0.05, 0) is 32.7 Å². The second kappa shape index (κ2) is 11.9. The Morgan fingerprint density at radius 1 is 1.33 bits per heavy atom. The molecule has 0 heterocycles. The van der Waals surface area contributed by atoms with E-state index >= 15 is 0 Å². The molecule has 0 aliphatic carbocycles. The Kier molecular flexibility index (Phi) is 11.8. The Hall–Kier alpha value is -0.160. The number of rotatable bonds is 12. The van der Waals surface area contributed by atoms with E-state index in [0.29, 0.717) is 12.1 Å². The largest absolute Gasteiger partial charge is 0.396 e. The Morgan fingerprint density at radius 2 is 2.06 bits per heavy atom. The maximum Gasteiger partial charge on any atom is 0.0589 e. The molecule has 0 aromatic carbocycles. The van der Waals surface area contributed by atoms with E-state index in [0.717, 1.165) is 45.5 Å².